The summed E-state index contributed by atoms with van der Waals surface area (Å²) in [6.07, 6.45) is 2.06. The Morgan fingerprint density at radius 3 is 1.19 bits per heavy atom. The Hall–Kier alpha value is -5.38. The highest BCUT2D eigenvalue weighted by Crippen LogP contribution is 2.26. The lowest BCUT2D eigenvalue weighted by Crippen LogP contribution is -2.06. The number of hydrogen-bond acceptors (Lipinski definition) is 8. The zero-order chi connectivity index (χ0) is 33.1. The number of carbonyl (C=O) groups is 4. The molecule has 4 N–H and O–H groups in total. The Morgan fingerprint density at radius 2 is 0.905 bits per heavy atom. The van der Waals surface area contributed by atoms with Gasteiger partial charge in [-0.3, -0.25) is 19.2 Å². The maximum Gasteiger partial charge on any atom is 0.303 e. The van der Waals surface area contributed by atoms with E-state index in [1.54, 1.807) is 0 Å². The molecule has 4 rings (SSSR count). The van der Waals surface area contributed by atoms with E-state index in [1.165, 1.54) is 39.3 Å². The van der Waals surface area contributed by atoms with Gasteiger partial charge in [-0.2, -0.15) is 0 Å². The Labute approximate surface area is 246 Å². The van der Waals surface area contributed by atoms with Gasteiger partial charge in [0, 0.05) is 39.1 Å². The molecule has 0 saturated carbocycles. The number of nitrogens with zero attached hydrogens (tertiary/aromatic N) is 2. The standard InChI is InChI=1S/2C15H13NO4.2CH4/c2*17-12(6-7-14(19)20)15-13(18)8-11(9-16-15)10-4-2-1-3-5-10;;/h2*1-5,8-9,18H,6-7H2,(H,19,20);2*1H4/i;;2*1D. The monoisotopic (exact) mass is 576 g/mol. The lowest BCUT2D eigenvalue weighted by atomic mass is 10.1. The number of carboxylic acid groups (broad SMARTS) is 2. The summed E-state index contributed by atoms with van der Waals surface area (Å²) in [7, 11) is 2.50. The Morgan fingerprint density at radius 1 is 0.571 bits per heavy atom. The highest BCUT2D eigenvalue weighted by atomic mass is 16.4. The van der Waals surface area contributed by atoms with Crippen LogP contribution in [0.3, 0.4) is 0 Å². The molecule has 10 nitrogen and oxygen atoms in total. The van der Waals surface area contributed by atoms with Crippen LogP contribution in [0.25, 0.3) is 22.3 Å². The summed E-state index contributed by atoms with van der Waals surface area (Å²) in [6, 6.07) is 21.6. The quantitative estimate of drug-likeness (QED) is 0.157. The Bertz CT molecular complexity index is 1400. The topological polar surface area (TPSA) is 175 Å². The van der Waals surface area contributed by atoms with Crippen LogP contribution in [-0.4, -0.2) is 53.9 Å². The summed E-state index contributed by atoms with van der Waals surface area (Å²) < 4.78 is 11.5. The minimum absolute atomic E-state index is 0.0917. The van der Waals surface area contributed by atoms with Crippen molar-refractivity contribution < 1.29 is 42.3 Å². The van der Waals surface area contributed by atoms with E-state index in [4.69, 9.17) is 13.0 Å². The van der Waals surface area contributed by atoms with Crippen molar-refractivity contribution >= 4 is 23.5 Å². The van der Waals surface area contributed by atoms with Gasteiger partial charge in [0.25, 0.3) is 0 Å². The van der Waals surface area contributed by atoms with Crippen molar-refractivity contribution in [1.82, 2.24) is 9.97 Å². The van der Waals surface area contributed by atoms with Gasteiger partial charge in [0.1, 0.15) is 22.9 Å². The van der Waals surface area contributed by atoms with E-state index in [0.717, 1.165) is 11.1 Å². The molecule has 2 aromatic heterocycles. The van der Waals surface area contributed by atoms with Gasteiger partial charge in [0.2, 0.25) is 0 Å². The molecule has 0 aliphatic rings. The van der Waals surface area contributed by atoms with Crippen molar-refractivity contribution in [3.05, 3.63) is 96.6 Å². The van der Waals surface area contributed by atoms with Crippen LogP contribution in [0.1, 0.15) is 64.2 Å². The second kappa shape index (κ2) is 16.7. The first kappa shape index (κ1) is 31.2. The fraction of sp³-hybridized carbons (Fsp3) is 0.188. The van der Waals surface area contributed by atoms with E-state index in [9.17, 15) is 29.4 Å². The van der Waals surface area contributed by atoms with Gasteiger partial charge in [-0.05, 0) is 23.3 Å². The number of ketones is 2. The van der Waals surface area contributed by atoms with Crippen LogP contribution in [0.5, 0.6) is 11.5 Å². The molecule has 0 aliphatic heterocycles. The van der Waals surface area contributed by atoms with Gasteiger partial charge in [-0.25, -0.2) is 9.97 Å². The molecule has 0 unspecified atom stereocenters. The van der Waals surface area contributed by atoms with Crippen molar-refractivity contribution in [1.29, 1.82) is 0 Å². The van der Waals surface area contributed by atoms with Crippen molar-refractivity contribution in [2.45, 2.75) is 40.5 Å². The predicted octanol–water partition coefficient (Wildman–Crippen LogP) is 6.28. The predicted molar refractivity (Wildman–Crippen MR) is 159 cm³/mol. The highest BCUT2D eigenvalue weighted by molar-refractivity contribution is 5.99. The molecule has 4 aromatic rings. The molecule has 0 aliphatic carbocycles. The fourth-order valence-corrected chi connectivity index (χ4v) is 3.59. The summed E-state index contributed by atoms with van der Waals surface area (Å²) in [5.41, 5.74) is 2.95. The summed E-state index contributed by atoms with van der Waals surface area (Å²) in [4.78, 5) is 52.2. The average Bonchev–Trinajstić information content (AvgIpc) is 3.05. The molecule has 0 spiro atoms. The van der Waals surface area contributed by atoms with E-state index in [1.807, 2.05) is 60.7 Å². The van der Waals surface area contributed by atoms with Crippen LogP contribution in [0.15, 0.2) is 85.2 Å². The van der Waals surface area contributed by atoms with Gasteiger partial charge in [0.05, 0.1) is 12.8 Å². The molecule has 0 saturated heterocycles. The number of rotatable bonds is 10. The van der Waals surface area contributed by atoms with Crippen molar-refractivity contribution in [2.75, 3.05) is 0 Å². The summed E-state index contributed by atoms with van der Waals surface area (Å²) in [6.45, 7) is 0. The lowest BCUT2D eigenvalue weighted by Gasteiger charge is -2.05. The molecule has 42 heavy (non-hydrogen) atoms. The molecular weight excluding hydrogens is 540 g/mol. The molecule has 220 valence electrons. The summed E-state index contributed by atoms with van der Waals surface area (Å²) in [5, 5.41) is 36.8. The van der Waals surface area contributed by atoms with E-state index < -0.39 is 23.5 Å². The zero-order valence-corrected chi connectivity index (χ0v) is 23.2. The van der Waals surface area contributed by atoms with E-state index in [2.05, 4.69) is 9.97 Å². The number of Topliss-reactive ketones (excluding diaryl/α,β-unsaturated/α-hetero) is 2. The molecule has 10 heteroatoms. The minimum atomic E-state index is -1.06. The van der Waals surface area contributed by atoms with Crippen molar-refractivity contribution in [3.8, 4) is 33.8 Å². The number of aliphatic carboxylic acids is 2. The number of pyridine rings is 2. The molecule has 0 bridgehead atoms. The summed E-state index contributed by atoms with van der Waals surface area (Å²) in [5.74, 6) is -3.55. The SMILES string of the molecule is O=C(O)CCC(=O)c1ncc(-c2ccccc2)cc1O.O=C(O)CCC(=O)c1ncc(-c2ccccc2)cc1O.[2H]C.[2H]C. The maximum atomic E-state index is 11.7. The normalized spacial score (nSPS) is 10.0. The maximum absolute atomic E-state index is 11.7. The van der Waals surface area contributed by atoms with Gasteiger partial charge in [0.15, 0.2) is 11.6 Å². The van der Waals surface area contributed by atoms with Crippen LogP contribution in [0.4, 0.5) is 0 Å². The Balaban J connectivity index is 0.000000395. The number of benzene rings is 2. The third kappa shape index (κ3) is 9.98. The second-order valence-electron chi connectivity index (χ2n) is 8.55. The van der Waals surface area contributed by atoms with Gasteiger partial charge in [-0.15, -0.1) is 0 Å². The second-order valence-corrected chi connectivity index (χ2v) is 8.55. The molecule has 2 aromatic carbocycles. The first-order valence-corrected chi connectivity index (χ1v) is 12.1. The van der Waals surface area contributed by atoms with E-state index in [0.29, 0.717) is 11.1 Å². The van der Waals surface area contributed by atoms with E-state index in [-0.39, 0.29) is 48.6 Å². The van der Waals surface area contributed by atoms with Crippen molar-refractivity contribution in [2.24, 2.45) is 0 Å². The smallest absolute Gasteiger partial charge is 0.303 e. The van der Waals surface area contributed by atoms with Crippen LogP contribution in [0, 0.1) is 0 Å². The first-order valence-electron chi connectivity index (χ1n) is 14.1. The van der Waals surface area contributed by atoms with Crippen LogP contribution >= 0.6 is 0 Å². The van der Waals surface area contributed by atoms with Gasteiger partial charge < -0.3 is 20.4 Å². The minimum Gasteiger partial charge on any atom is -0.506 e. The number of aromatic nitrogens is 2. The molecule has 0 radical (unpaired) electrons. The Kier molecular flexibility index (Phi) is 12.4. The molecule has 0 fully saturated rings. The lowest BCUT2D eigenvalue weighted by molar-refractivity contribution is -0.137. The molecule has 0 atom stereocenters. The van der Waals surface area contributed by atoms with Crippen LogP contribution in [0.2, 0.25) is 0 Å². The third-order valence-electron chi connectivity index (χ3n) is 5.61. The summed E-state index contributed by atoms with van der Waals surface area (Å²) >= 11 is 0. The van der Waals surface area contributed by atoms with Gasteiger partial charge >= 0.3 is 11.9 Å². The zero-order valence-electron chi connectivity index (χ0n) is 25.2. The average molecular weight is 577 g/mol. The number of hydrogen-bond donors (Lipinski definition) is 4. The van der Waals surface area contributed by atoms with Gasteiger partial charge in [-0.1, -0.05) is 75.5 Å². The number of carboxylic acids is 2. The number of aromatic hydroxyl groups is 2. The molecule has 2 heterocycles. The van der Waals surface area contributed by atoms with Crippen LogP contribution in [-0.2, 0) is 9.59 Å². The molecule has 0 amide bonds. The molecular formula is C32H34N2O8. The van der Waals surface area contributed by atoms with Crippen molar-refractivity contribution in [3.63, 3.8) is 0 Å². The largest absolute Gasteiger partial charge is 0.506 e. The van der Waals surface area contributed by atoms with Crippen LogP contribution < -0.4 is 0 Å². The highest BCUT2D eigenvalue weighted by Gasteiger charge is 2.16. The third-order valence-corrected chi connectivity index (χ3v) is 5.61. The first-order chi connectivity index (χ1) is 21.2. The number of carbonyl (C=O) groups excluding carboxylic acids is 2. The van der Waals surface area contributed by atoms with E-state index >= 15 is 0 Å². The fourth-order valence-electron chi connectivity index (χ4n) is 3.59.